The fourth-order valence-electron chi connectivity index (χ4n) is 10.1. The normalized spacial score (nSPS) is 11.7. The Hall–Kier alpha value is -8.66. The van der Waals surface area contributed by atoms with Crippen molar-refractivity contribution in [2.24, 2.45) is 0 Å². The molecule has 0 atom stereocenters. The van der Waals surface area contributed by atoms with Gasteiger partial charge in [0.25, 0.3) is 0 Å². The molecular formula is C62H40N2O. The Morgan fingerprint density at radius 3 is 1.62 bits per heavy atom. The molecule has 65 heavy (non-hydrogen) atoms. The number of anilines is 3. The maximum Gasteiger partial charge on any atom is 0.136 e. The summed E-state index contributed by atoms with van der Waals surface area (Å²) in [6, 6.07) is 87.8. The van der Waals surface area contributed by atoms with E-state index >= 15 is 0 Å². The van der Waals surface area contributed by atoms with Crippen molar-refractivity contribution in [3.8, 4) is 39.1 Å². The first-order valence-corrected chi connectivity index (χ1v) is 22.2. The summed E-state index contributed by atoms with van der Waals surface area (Å²) in [7, 11) is 0. The van der Waals surface area contributed by atoms with Crippen LogP contribution in [-0.2, 0) is 0 Å². The van der Waals surface area contributed by atoms with E-state index in [1.54, 1.807) is 0 Å². The van der Waals surface area contributed by atoms with E-state index in [-0.39, 0.29) is 0 Å². The molecule has 0 aliphatic carbocycles. The van der Waals surface area contributed by atoms with E-state index in [0.717, 1.165) is 61.4 Å². The first-order chi connectivity index (χ1) is 32.2. The molecule has 0 fully saturated rings. The van der Waals surface area contributed by atoms with Gasteiger partial charge in [0, 0.05) is 44.3 Å². The van der Waals surface area contributed by atoms with Crippen molar-refractivity contribution in [1.82, 2.24) is 4.57 Å². The van der Waals surface area contributed by atoms with Gasteiger partial charge < -0.3 is 13.9 Å². The maximum atomic E-state index is 6.32. The topological polar surface area (TPSA) is 21.3 Å². The lowest BCUT2D eigenvalue weighted by molar-refractivity contribution is 0.669. The fourth-order valence-corrected chi connectivity index (χ4v) is 10.1. The van der Waals surface area contributed by atoms with Crippen LogP contribution in [0.5, 0.6) is 0 Å². The number of hydrogen-bond donors (Lipinski definition) is 0. The lowest BCUT2D eigenvalue weighted by Gasteiger charge is -2.27. The van der Waals surface area contributed by atoms with Gasteiger partial charge in [-0.25, -0.2) is 0 Å². The van der Waals surface area contributed by atoms with Crippen molar-refractivity contribution in [3.05, 3.63) is 243 Å². The molecule has 0 saturated carbocycles. The van der Waals surface area contributed by atoms with E-state index in [1.807, 2.05) is 12.1 Å². The van der Waals surface area contributed by atoms with Gasteiger partial charge in [-0.2, -0.15) is 0 Å². The molecule has 0 radical (unpaired) electrons. The van der Waals surface area contributed by atoms with Gasteiger partial charge in [0.15, 0.2) is 0 Å². The Morgan fingerprint density at radius 1 is 0.308 bits per heavy atom. The third-order valence-electron chi connectivity index (χ3n) is 13.2. The van der Waals surface area contributed by atoms with Crippen LogP contribution in [0.1, 0.15) is 0 Å². The Labute approximate surface area is 376 Å². The number of aromatic nitrogens is 1. The van der Waals surface area contributed by atoms with E-state index in [0.29, 0.717) is 0 Å². The Kier molecular flexibility index (Phi) is 8.53. The molecule has 11 aromatic carbocycles. The van der Waals surface area contributed by atoms with Gasteiger partial charge in [0.2, 0.25) is 0 Å². The third-order valence-corrected chi connectivity index (χ3v) is 13.2. The van der Waals surface area contributed by atoms with Gasteiger partial charge in [-0.15, -0.1) is 0 Å². The first kappa shape index (κ1) is 36.9. The van der Waals surface area contributed by atoms with Crippen LogP contribution in [0, 0.1) is 0 Å². The Balaban J connectivity index is 0.877. The summed E-state index contributed by atoms with van der Waals surface area (Å²) < 4.78 is 8.70. The molecule has 0 N–H and O–H groups in total. The lowest BCUT2D eigenvalue weighted by atomic mass is 9.98. The van der Waals surface area contributed by atoms with Crippen molar-refractivity contribution in [1.29, 1.82) is 0 Å². The molecule has 2 aromatic heterocycles. The number of para-hydroxylation sites is 3. The zero-order valence-electron chi connectivity index (χ0n) is 35.4. The molecule has 13 aromatic rings. The zero-order chi connectivity index (χ0) is 42.8. The molecule has 304 valence electrons. The molecule has 0 saturated heterocycles. The second-order valence-corrected chi connectivity index (χ2v) is 16.9. The molecule has 0 amide bonds. The lowest BCUT2D eigenvalue weighted by Crippen LogP contribution is -2.10. The van der Waals surface area contributed by atoms with Crippen molar-refractivity contribution in [2.45, 2.75) is 0 Å². The standard InChI is InChI=1S/C62H40N2O/c1-2-17-52-44(12-1)30-31-45-34-37-51(40-57(45)52)63(49-15-10-14-47(39-49)53-21-11-25-61-62(53)56-20-5-8-24-60(56)65-61)48-35-32-42(33-36-48)41-26-28-43(29-27-41)46-13-9-16-50(38-46)64-58-22-6-3-18-54(58)55-19-4-7-23-59(55)64/h1-40H. The minimum absolute atomic E-state index is 0.893. The minimum Gasteiger partial charge on any atom is -0.456 e. The number of nitrogens with zero attached hydrogens (tertiary/aromatic N) is 2. The quantitative estimate of drug-likeness (QED) is 0.149. The second kappa shape index (κ2) is 15.0. The van der Waals surface area contributed by atoms with Crippen molar-refractivity contribution in [3.63, 3.8) is 0 Å². The van der Waals surface area contributed by atoms with E-state index in [2.05, 4.69) is 240 Å². The Bertz CT molecular complexity index is 3900. The molecule has 3 nitrogen and oxygen atoms in total. The Morgan fingerprint density at radius 2 is 0.846 bits per heavy atom. The van der Waals surface area contributed by atoms with Crippen molar-refractivity contribution < 1.29 is 4.42 Å². The largest absolute Gasteiger partial charge is 0.456 e. The smallest absolute Gasteiger partial charge is 0.136 e. The van der Waals surface area contributed by atoms with Gasteiger partial charge in [-0.05, 0) is 128 Å². The zero-order valence-corrected chi connectivity index (χ0v) is 35.4. The van der Waals surface area contributed by atoms with E-state index < -0.39 is 0 Å². The highest BCUT2D eigenvalue weighted by atomic mass is 16.3. The highest BCUT2D eigenvalue weighted by Gasteiger charge is 2.18. The molecule has 13 rings (SSSR count). The van der Waals surface area contributed by atoms with Crippen LogP contribution >= 0.6 is 0 Å². The van der Waals surface area contributed by atoms with Gasteiger partial charge in [0.1, 0.15) is 11.2 Å². The van der Waals surface area contributed by atoms with Crippen LogP contribution in [0.15, 0.2) is 247 Å². The molecule has 0 spiro atoms. The average molecular weight is 829 g/mol. The summed E-state index contributed by atoms with van der Waals surface area (Å²) in [6.07, 6.45) is 0. The summed E-state index contributed by atoms with van der Waals surface area (Å²) >= 11 is 0. The summed E-state index contributed by atoms with van der Waals surface area (Å²) in [5, 5.41) is 9.72. The molecule has 0 bridgehead atoms. The van der Waals surface area contributed by atoms with Crippen LogP contribution in [-0.4, -0.2) is 4.57 Å². The number of hydrogen-bond acceptors (Lipinski definition) is 2. The van der Waals surface area contributed by atoms with Gasteiger partial charge >= 0.3 is 0 Å². The summed E-state index contributed by atoms with van der Waals surface area (Å²) in [6.45, 7) is 0. The van der Waals surface area contributed by atoms with E-state index in [4.69, 9.17) is 4.42 Å². The highest BCUT2D eigenvalue weighted by Crippen LogP contribution is 2.42. The second-order valence-electron chi connectivity index (χ2n) is 16.9. The summed E-state index contributed by atoms with van der Waals surface area (Å²) in [4.78, 5) is 2.38. The van der Waals surface area contributed by atoms with Crippen molar-refractivity contribution >= 4 is 82.4 Å². The minimum atomic E-state index is 0.893. The number of rotatable bonds is 7. The van der Waals surface area contributed by atoms with Crippen LogP contribution in [0.4, 0.5) is 17.1 Å². The van der Waals surface area contributed by atoms with Crippen LogP contribution in [0.2, 0.25) is 0 Å². The third kappa shape index (κ3) is 6.20. The molecule has 0 aliphatic heterocycles. The van der Waals surface area contributed by atoms with Crippen LogP contribution in [0.3, 0.4) is 0 Å². The maximum absolute atomic E-state index is 6.32. The number of furan rings is 1. The molecular weight excluding hydrogens is 789 g/mol. The molecule has 0 unspecified atom stereocenters. The van der Waals surface area contributed by atoms with Gasteiger partial charge in [0.05, 0.1) is 11.0 Å². The first-order valence-electron chi connectivity index (χ1n) is 22.2. The average Bonchev–Trinajstić information content (AvgIpc) is 3.93. The van der Waals surface area contributed by atoms with Crippen LogP contribution in [0.25, 0.3) is 104 Å². The van der Waals surface area contributed by atoms with E-state index in [1.165, 1.54) is 60.0 Å². The van der Waals surface area contributed by atoms with Crippen molar-refractivity contribution in [2.75, 3.05) is 4.90 Å². The monoisotopic (exact) mass is 828 g/mol. The van der Waals surface area contributed by atoms with Gasteiger partial charge in [-0.3, -0.25) is 0 Å². The number of benzene rings is 11. The van der Waals surface area contributed by atoms with Gasteiger partial charge in [-0.1, -0.05) is 170 Å². The SMILES string of the molecule is c1cc(-c2cccc3oc4ccccc4c23)cc(N(c2ccc(-c3ccc(-c4cccc(-n5c6ccccc6c6ccccc65)c4)cc3)cc2)c2ccc3ccc4ccccc4c3c2)c1. The van der Waals surface area contributed by atoms with E-state index in [9.17, 15) is 0 Å². The summed E-state index contributed by atoms with van der Waals surface area (Å²) in [5.74, 6) is 0. The molecule has 3 heteroatoms. The fraction of sp³-hybridized carbons (Fsp3) is 0. The predicted octanol–water partition coefficient (Wildman–Crippen LogP) is 17.5. The highest BCUT2D eigenvalue weighted by molar-refractivity contribution is 6.13. The summed E-state index contributed by atoms with van der Waals surface area (Å²) in [5.41, 5.74) is 15.6. The predicted molar refractivity (Wildman–Crippen MR) is 274 cm³/mol. The molecule has 0 aliphatic rings. The van der Waals surface area contributed by atoms with Crippen LogP contribution < -0.4 is 4.90 Å². The number of fused-ring (bicyclic) bond motifs is 9. The molecule has 2 heterocycles.